The van der Waals surface area contributed by atoms with E-state index in [4.69, 9.17) is 21.9 Å². The largest absolute Gasteiger partial charge is 0.435 e. The second-order valence-electron chi connectivity index (χ2n) is 6.42. The highest BCUT2D eigenvalue weighted by molar-refractivity contribution is 5.75. The summed E-state index contributed by atoms with van der Waals surface area (Å²) < 4.78 is 5.51. The number of guanidine groups is 1. The highest BCUT2D eigenvalue weighted by Crippen LogP contribution is 2.26. The van der Waals surface area contributed by atoms with Crippen LogP contribution in [0.4, 0.5) is 4.79 Å². The van der Waals surface area contributed by atoms with Crippen LogP contribution in [0.15, 0.2) is 64.7 Å². The molecule has 0 aromatic rings. The quantitative estimate of drug-likeness (QED) is 0.344. The first kappa shape index (κ1) is 18.5. The molecule has 0 aromatic carbocycles. The van der Waals surface area contributed by atoms with E-state index in [1.807, 2.05) is 62.5 Å². The van der Waals surface area contributed by atoms with Gasteiger partial charge in [0.05, 0.1) is 12.1 Å². The molecule has 0 aliphatic heterocycles. The van der Waals surface area contributed by atoms with Crippen LogP contribution in [0.25, 0.3) is 0 Å². The molecule has 134 valence electrons. The van der Waals surface area contributed by atoms with Crippen LogP contribution in [-0.4, -0.2) is 36.3 Å². The lowest BCUT2D eigenvalue weighted by atomic mass is 10.0. The van der Waals surface area contributed by atoms with Gasteiger partial charge in [0.1, 0.15) is 5.60 Å². The Balaban J connectivity index is 2.01. The second kappa shape index (κ2) is 7.40. The molecule has 2 aliphatic carbocycles. The van der Waals surface area contributed by atoms with Gasteiger partial charge in [-0.3, -0.25) is 4.99 Å². The van der Waals surface area contributed by atoms with E-state index in [1.54, 1.807) is 0 Å². The lowest BCUT2D eigenvalue weighted by Gasteiger charge is -2.22. The fraction of sp³-hybridized carbons (Fsp3) is 0.333. The van der Waals surface area contributed by atoms with Gasteiger partial charge in [-0.05, 0) is 37.1 Å². The number of amides is 1. The Morgan fingerprint density at radius 2 is 1.60 bits per heavy atom. The molecule has 0 unspecified atom stereocenters. The average molecular weight is 343 g/mol. The van der Waals surface area contributed by atoms with Gasteiger partial charge in [0.25, 0.3) is 0 Å². The molecule has 0 atom stereocenters. The van der Waals surface area contributed by atoms with Crippen molar-refractivity contribution in [2.75, 3.05) is 13.1 Å². The Kier molecular flexibility index (Phi) is 5.48. The van der Waals surface area contributed by atoms with Crippen molar-refractivity contribution in [1.82, 2.24) is 5.32 Å². The predicted molar refractivity (Wildman–Crippen MR) is 99.7 cm³/mol. The van der Waals surface area contributed by atoms with Crippen LogP contribution in [0.2, 0.25) is 0 Å². The summed E-state index contributed by atoms with van der Waals surface area (Å²) in [7, 11) is 0. The number of allylic oxidation sites excluding steroid dienone is 6. The standard InChI is InChI=1S/C18H25N5O2/c1-17(21)7-3-13-5-9-18(2,10-6-14(13)4-8-17)25-16(24)23-12-11-22-15(19)20/h3-10H,11-12,21H2,1-2H3,(H,23,24)(H4,19,20,22). The lowest BCUT2D eigenvalue weighted by Crippen LogP contribution is -2.35. The van der Waals surface area contributed by atoms with E-state index in [1.165, 1.54) is 0 Å². The summed E-state index contributed by atoms with van der Waals surface area (Å²) in [6.45, 7) is 4.32. The Morgan fingerprint density at radius 1 is 1.08 bits per heavy atom. The molecular weight excluding hydrogens is 318 g/mol. The topological polar surface area (TPSA) is 129 Å². The van der Waals surface area contributed by atoms with E-state index in [2.05, 4.69) is 10.3 Å². The third-order valence-corrected chi connectivity index (χ3v) is 3.75. The number of hydrogen-bond donors (Lipinski definition) is 4. The number of carbonyl (C=O) groups excluding carboxylic acids is 1. The van der Waals surface area contributed by atoms with Crippen molar-refractivity contribution in [1.29, 1.82) is 0 Å². The Labute approximate surface area is 147 Å². The molecule has 0 saturated carbocycles. The fourth-order valence-electron chi connectivity index (χ4n) is 2.30. The molecule has 7 N–H and O–H groups in total. The smallest absolute Gasteiger partial charge is 0.408 e. The maximum Gasteiger partial charge on any atom is 0.408 e. The van der Waals surface area contributed by atoms with Gasteiger partial charge in [0, 0.05) is 6.54 Å². The SMILES string of the molecule is CC1(N)C=CC2=C(C=C1)C=CC(C)(OC(=O)NCCN=C(N)N)C=C2. The molecule has 7 heteroatoms. The number of nitrogens with two attached hydrogens (primary N) is 3. The Bertz CT molecular complexity index is 671. The van der Waals surface area contributed by atoms with Crippen molar-refractivity contribution in [3.63, 3.8) is 0 Å². The first-order valence-electron chi connectivity index (χ1n) is 8.01. The van der Waals surface area contributed by atoms with Crippen molar-refractivity contribution in [2.24, 2.45) is 22.2 Å². The molecule has 0 aromatic heterocycles. The van der Waals surface area contributed by atoms with Crippen molar-refractivity contribution >= 4 is 12.1 Å². The van der Waals surface area contributed by atoms with Crippen LogP contribution in [-0.2, 0) is 4.74 Å². The van der Waals surface area contributed by atoms with Gasteiger partial charge in [0.15, 0.2) is 5.96 Å². The van der Waals surface area contributed by atoms with Crippen molar-refractivity contribution in [2.45, 2.75) is 25.0 Å². The van der Waals surface area contributed by atoms with Gasteiger partial charge in [-0.15, -0.1) is 0 Å². The number of ether oxygens (including phenoxy) is 1. The van der Waals surface area contributed by atoms with Gasteiger partial charge in [0.2, 0.25) is 0 Å². The molecule has 0 spiro atoms. The summed E-state index contributed by atoms with van der Waals surface area (Å²) in [5, 5.41) is 2.61. The second-order valence-corrected chi connectivity index (χ2v) is 6.42. The van der Waals surface area contributed by atoms with Crippen LogP contribution >= 0.6 is 0 Å². The molecular formula is C18H25N5O2. The minimum atomic E-state index is -0.861. The van der Waals surface area contributed by atoms with E-state index in [-0.39, 0.29) is 12.5 Å². The van der Waals surface area contributed by atoms with Crippen molar-refractivity contribution in [3.05, 3.63) is 59.8 Å². The highest BCUT2D eigenvalue weighted by atomic mass is 16.6. The zero-order chi connectivity index (χ0) is 18.5. The summed E-state index contributed by atoms with van der Waals surface area (Å²) in [6.07, 6.45) is 14.8. The number of alkyl carbamates (subject to hydrolysis) is 1. The van der Waals surface area contributed by atoms with E-state index in [9.17, 15) is 4.79 Å². The van der Waals surface area contributed by atoms with Crippen LogP contribution in [0.3, 0.4) is 0 Å². The molecule has 0 fully saturated rings. The van der Waals surface area contributed by atoms with Gasteiger partial charge >= 0.3 is 6.09 Å². The molecule has 25 heavy (non-hydrogen) atoms. The van der Waals surface area contributed by atoms with E-state index >= 15 is 0 Å². The van der Waals surface area contributed by atoms with Crippen molar-refractivity contribution < 1.29 is 9.53 Å². The molecule has 0 saturated heterocycles. The maximum atomic E-state index is 12.0. The third-order valence-electron chi connectivity index (χ3n) is 3.75. The third kappa shape index (κ3) is 5.65. The minimum Gasteiger partial charge on any atom is -0.435 e. The Hall–Kier alpha value is -2.80. The van der Waals surface area contributed by atoms with Gasteiger partial charge in [-0.25, -0.2) is 4.79 Å². The highest BCUT2D eigenvalue weighted by Gasteiger charge is 2.25. The summed E-state index contributed by atoms with van der Waals surface area (Å²) in [6, 6.07) is 0. The van der Waals surface area contributed by atoms with E-state index in [0.29, 0.717) is 6.54 Å². The number of aliphatic imine (C=N–C) groups is 1. The van der Waals surface area contributed by atoms with Crippen molar-refractivity contribution in [3.8, 4) is 0 Å². The lowest BCUT2D eigenvalue weighted by molar-refractivity contribution is 0.0897. The van der Waals surface area contributed by atoms with E-state index < -0.39 is 17.2 Å². The first-order chi connectivity index (χ1) is 11.7. The summed E-state index contributed by atoms with van der Waals surface area (Å²) >= 11 is 0. The zero-order valence-electron chi connectivity index (χ0n) is 14.5. The number of hydrogen-bond acceptors (Lipinski definition) is 4. The van der Waals surface area contributed by atoms with Crippen LogP contribution in [0, 0.1) is 0 Å². The summed E-state index contributed by atoms with van der Waals surface area (Å²) in [4.78, 5) is 15.7. The number of carbonyl (C=O) groups is 1. The van der Waals surface area contributed by atoms with Crippen LogP contribution in [0.1, 0.15) is 13.8 Å². The zero-order valence-corrected chi connectivity index (χ0v) is 14.5. The van der Waals surface area contributed by atoms with Gasteiger partial charge < -0.3 is 27.3 Å². The molecule has 2 aliphatic rings. The summed E-state index contributed by atoms with van der Waals surface area (Å²) in [5.41, 5.74) is 17.2. The normalized spacial score (nSPS) is 19.6. The first-order valence-corrected chi connectivity index (χ1v) is 8.01. The average Bonchev–Trinajstić information content (AvgIpc) is 2.76. The molecule has 1 amide bonds. The predicted octanol–water partition coefficient (Wildman–Crippen LogP) is 1.01. The van der Waals surface area contributed by atoms with Gasteiger partial charge in [-0.1, -0.05) is 36.5 Å². The molecule has 0 bridgehead atoms. The molecule has 0 heterocycles. The minimum absolute atomic E-state index is 0.0148. The number of nitrogens with zero attached hydrogens (tertiary/aromatic N) is 1. The molecule has 7 nitrogen and oxygen atoms in total. The van der Waals surface area contributed by atoms with Crippen LogP contribution in [0.5, 0.6) is 0 Å². The maximum absolute atomic E-state index is 12.0. The van der Waals surface area contributed by atoms with Gasteiger partial charge in [-0.2, -0.15) is 0 Å². The molecule has 0 radical (unpaired) electrons. The number of rotatable bonds is 4. The number of nitrogens with one attached hydrogen (secondary N) is 1. The fourth-order valence-corrected chi connectivity index (χ4v) is 2.30. The van der Waals surface area contributed by atoms with Crippen LogP contribution < -0.4 is 22.5 Å². The summed E-state index contributed by atoms with van der Waals surface area (Å²) in [5.74, 6) is -0.0148. The Morgan fingerprint density at radius 3 is 2.12 bits per heavy atom. The molecule has 2 rings (SSSR count). The monoisotopic (exact) mass is 343 g/mol. The van der Waals surface area contributed by atoms with E-state index in [0.717, 1.165) is 11.1 Å².